The summed E-state index contributed by atoms with van der Waals surface area (Å²) in [6.45, 7) is 4.29. The van der Waals surface area contributed by atoms with E-state index in [4.69, 9.17) is 14.2 Å². The highest BCUT2D eigenvalue weighted by atomic mass is 16.5. The predicted molar refractivity (Wildman–Crippen MR) is 81.1 cm³/mol. The van der Waals surface area contributed by atoms with Gasteiger partial charge in [-0.25, -0.2) is 4.98 Å². The monoisotopic (exact) mass is 306 g/mol. The molecule has 0 spiro atoms. The molecule has 6 heteroatoms. The highest BCUT2D eigenvalue weighted by Crippen LogP contribution is 2.31. The first kappa shape index (κ1) is 15.2. The summed E-state index contributed by atoms with van der Waals surface area (Å²) in [5.41, 5.74) is 0.740. The average molecular weight is 306 g/mol. The molecule has 6 nitrogen and oxygen atoms in total. The molecule has 1 aromatic rings. The molecule has 1 amide bonds. The number of carbonyl (C=O) groups is 1. The van der Waals surface area contributed by atoms with E-state index in [-0.39, 0.29) is 18.1 Å². The number of hydrogen-bond donors (Lipinski definition) is 0. The summed E-state index contributed by atoms with van der Waals surface area (Å²) in [5.74, 6) is 0.562. The van der Waals surface area contributed by atoms with E-state index in [0.29, 0.717) is 32.1 Å². The number of anilines is 1. The summed E-state index contributed by atoms with van der Waals surface area (Å²) < 4.78 is 16.7. The van der Waals surface area contributed by atoms with E-state index in [1.54, 1.807) is 11.1 Å². The molecular weight excluding hydrogens is 284 g/mol. The van der Waals surface area contributed by atoms with Gasteiger partial charge in [0.2, 0.25) is 11.8 Å². The molecular formula is C16H22N2O4. The van der Waals surface area contributed by atoms with Gasteiger partial charge in [0.05, 0.1) is 32.3 Å². The van der Waals surface area contributed by atoms with Crippen LogP contribution in [-0.4, -0.2) is 49.5 Å². The molecule has 1 fully saturated rings. The molecule has 0 saturated carbocycles. The molecule has 0 aromatic carbocycles. The van der Waals surface area contributed by atoms with Crippen LogP contribution in [0.2, 0.25) is 0 Å². The van der Waals surface area contributed by atoms with Gasteiger partial charge in [0.15, 0.2) is 0 Å². The lowest BCUT2D eigenvalue weighted by Gasteiger charge is -2.32. The predicted octanol–water partition coefficient (Wildman–Crippen LogP) is 1.78. The fraction of sp³-hybridized carbons (Fsp3) is 0.625. The average Bonchev–Trinajstić information content (AvgIpc) is 3.04. The number of aromatic nitrogens is 1. The number of fused-ring (bicyclic) bond motifs is 1. The van der Waals surface area contributed by atoms with Gasteiger partial charge >= 0.3 is 0 Å². The first-order valence-electron chi connectivity index (χ1n) is 7.85. The maximum Gasteiger partial charge on any atom is 0.238 e. The standard InChI is InChI=1S/C16H22N2O4/c1-12-10-18(14-5-2-7-17-16(14)22-12)15(19)6-9-20-11-13-4-3-8-21-13/h2,5,7,12-13H,3-4,6,8-11H2,1H3. The SMILES string of the molecule is CC1CN(C(=O)CCOCC2CCCO2)c2cccnc2O1. The van der Waals surface area contributed by atoms with Crippen LogP contribution in [0.3, 0.4) is 0 Å². The zero-order valence-electron chi connectivity index (χ0n) is 12.9. The Balaban J connectivity index is 1.51. The van der Waals surface area contributed by atoms with Gasteiger partial charge in [-0.3, -0.25) is 4.79 Å². The van der Waals surface area contributed by atoms with Crippen molar-refractivity contribution in [3.05, 3.63) is 18.3 Å². The minimum Gasteiger partial charge on any atom is -0.471 e. The number of nitrogens with zero attached hydrogens (tertiary/aromatic N) is 2. The van der Waals surface area contributed by atoms with E-state index in [2.05, 4.69) is 4.98 Å². The molecule has 3 rings (SSSR count). The van der Waals surface area contributed by atoms with Gasteiger partial charge in [0.25, 0.3) is 0 Å². The van der Waals surface area contributed by atoms with E-state index >= 15 is 0 Å². The van der Waals surface area contributed by atoms with Crippen molar-refractivity contribution < 1.29 is 19.0 Å². The van der Waals surface area contributed by atoms with E-state index in [0.717, 1.165) is 25.1 Å². The Morgan fingerprint density at radius 2 is 2.45 bits per heavy atom. The number of hydrogen-bond acceptors (Lipinski definition) is 5. The maximum absolute atomic E-state index is 12.4. The Morgan fingerprint density at radius 3 is 3.27 bits per heavy atom. The van der Waals surface area contributed by atoms with E-state index < -0.39 is 0 Å². The van der Waals surface area contributed by atoms with Crippen LogP contribution in [0, 0.1) is 0 Å². The van der Waals surface area contributed by atoms with E-state index in [1.165, 1.54) is 0 Å². The molecule has 2 unspecified atom stereocenters. The summed E-state index contributed by atoms with van der Waals surface area (Å²) in [4.78, 5) is 18.4. The normalized spacial score (nSPS) is 24.0. The highest BCUT2D eigenvalue weighted by Gasteiger charge is 2.28. The molecule has 1 saturated heterocycles. The second-order valence-corrected chi connectivity index (χ2v) is 5.72. The van der Waals surface area contributed by atoms with E-state index in [1.807, 2.05) is 19.1 Å². The second-order valence-electron chi connectivity index (χ2n) is 5.72. The first-order chi connectivity index (χ1) is 10.7. The van der Waals surface area contributed by atoms with Crippen molar-refractivity contribution >= 4 is 11.6 Å². The maximum atomic E-state index is 12.4. The third-order valence-corrected chi connectivity index (χ3v) is 3.88. The minimum absolute atomic E-state index is 0.0386. The Hall–Kier alpha value is -1.66. The van der Waals surface area contributed by atoms with Crippen LogP contribution in [0.25, 0.3) is 0 Å². The van der Waals surface area contributed by atoms with Gasteiger partial charge in [-0.2, -0.15) is 0 Å². The van der Waals surface area contributed by atoms with Crippen LogP contribution in [0.15, 0.2) is 18.3 Å². The van der Waals surface area contributed by atoms with Gasteiger partial charge in [-0.05, 0) is 31.9 Å². The van der Waals surface area contributed by atoms with Crippen LogP contribution >= 0.6 is 0 Å². The molecule has 0 radical (unpaired) electrons. The smallest absolute Gasteiger partial charge is 0.238 e. The van der Waals surface area contributed by atoms with Crippen LogP contribution in [-0.2, 0) is 14.3 Å². The number of rotatable bonds is 5. The van der Waals surface area contributed by atoms with Crippen molar-refractivity contribution in [1.29, 1.82) is 0 Å². The van der Waals surface area contributed by atoms with Crippen molar-refractivity contribution in [2.45, 2.75) is 38.4 Å². The minimum atomic E-state index is -0.0563. The molecule has 0 bridgehead atoms. The number of amides is 1. The molecule has 1 aromatic heterocycles. The Labute approximate surface area is 130 Å². The number of pyridine rings is 1. The fourth-order valence-corrected chi connectivity index (χ4v) is 2.78. The van der Waals surface area contributed by atoms with Gasteiger partial charge < -0.3 is 19.1 Å². The molecule has 22 heavy (non-hydrogen) atoms. The molecule has 2 atom stereocenters. The van der Waals surface area contributed by atoms with Gasteiger partial charge in [0.1, 0.15) is 11.8 Å². The van der Waals surface area contributed by atoms with Crippen LogP contribution in [0.1, 0.15) is 26.2 Å². The zero-order chi connectivity index (χ0) is 15.4. The number of ether oxygens (including phenoxy) is 3. The van der Waals surface area contributed by atoms with E-state index in [9.17, 15) is 4.79 Å². The molecule has 2 aliphatic rings. The lowest BCUT2D eigenvalue weighted by Crippen LogP contribution is -2.43. The van der Waals surface area contributed by atoms with Crippen LogP contribution in [0.4, 0.5) is 5.69 Å². The summed E-state index contributed by atoms with van der Waals surface area (Å²) in [7, 11) is 0. The van der Waals surface area contributed by atoms with Gasteiger partial charge in [0, 0.05) is 12.8 Å². The largest absolute Gasteiger partial charge is 0.471 e. The van der Waals surface area contributed by atoms with Crippen molar-refractivity contribution in [2.75, 3.05) is 31.3 Å². The highest BCUT2D eigenvalue weighted by molar-refractivity contribution is 5.95. The van der Waals surface area contributed by atoms with Crippen molar-refractivity contribution in [3.8, 4) is 5.88 Å². The molecule has 0 N–H and O–H groups in total. The van der Waals surface area contributed by atoms with Gasteiger partial charge in [-0.15, -0.1) is 0 Å². The molecule has 0 aliphatic carbocycles. The van der Waals surface area contributed by atoms with Gasteiger partial charge in [-0.1, -0.05) is 0 Å². The first-order valence-corrected chi connectivity index (χ1v) is 7.85. The zero-order valence-corrected chi connectivity index (χ0v) is 12.9. The number of carbonyl (C=O) groups excluding carboxylic acids is 1. The lowest BCUT2D eigenvalue weighted by molar-refractivity contribution is -0.120. The Morgan fingerprint density at radius 1 is 1.55 bits per heavy atom. The Bertz CT molecular complexity index is 517. The summed E-state index contributed by atoms with van der Waals surface area (Å²) in [6, 6.07) is 3.67. The topological polar surface area (TPSA) is 60.9 Å². The fourth-order valence-electron chi connectivity index (χ4n) is 2.78. The molecule has 2 aliphatic heterocycles. The second kappa shape index (κ2) is 7.07. The summed E-state index contributed by atoms with van der Waals surface area (Å²) >= 11 is 0. The van der Waals surface area contributed by atoms with Crippen molar-refractivity contribution in [3.63, 3.8) is 0 Å². The molecule has 3 heterocycles. The third kappa shape index (κ3) is 3.56. The van der Waals surface area contributed by atoms with Crippen LogP contribution < -0.4 is 9.64 Å². The lowest BCUT2D eigenvalue weighted by atomic mass is 10.2. The summed E-state index contributed by atoms with van der Waals surface area (Å²) in [5, 5.41) is 0. The quantitative estimate of drug-likeness (QED) is 0.776. The Kier molecular flexibility index (Phi) is 4.90. The summed E-state index contributed by atoms with van der Waals surface area (Å²) in [6.07, 6.45) is 4.32. The van der Waals surface area contributed by atoms with Crippen molar-refractivity contribution in [1.82, 2.24) is 4.98 Å². The third-order valence-electron chi connectivity index (χ3n) is 3.88. The van der Waals surface area contributed by atoms with Crippen molar-refractivity contribution in [2.24, 2.45) is 0 Å². The molecule has 120 valence electrons. The van der Waals surface area contributed by atoms with Crippen LogP contribution in [0.5, 0.6) is 5.88 Å².